The number of sulfonamides is 2. The highest BCUT2D eigenvalue weighted by molar-refractivity contribution is 7.89. The van der Waals surface area contributed by atoms with Gasteiger partial charge in [-0.15, -0.1) is 0 Å². The van der Waals surface area contributed by atoms with E-state index in [0.29, 0.717) is 13.1 Å². The first kappa shape index (κ1) is 15.4. The molecule has 6 nitrogen and oxygen atoms in total. The lowest BCUT2D eigenvalue weighted by molar-refractivity contribution is 0.477. The van der Waals surface area contributed by atoms with Crippen LogP contribution in [0.1, 0.15) is 12.8 Å². The summed E-state index contributed by atoms with van der Waals surface area (Å²) in [6.45, 7) is 1.06. The highest BCUT2D eigenvalue weighted by atomic mass is 32.2. The van der Waals surface area contributed by atoms with Crippen molar-refractivity contribution < 1.29 is 16.8 Å². The summed E-state index contributed by atoms with van der Waals surface area (Å²) in [7, 11) is -4.16. The van der Waals surface area contributed by atoms with Gasteiger partial charge in [-0.05, 0) is 37.1 Å². The van der Waals surface area contributed by atoms with E-state index in [1.54, 1.807) is 0 Å². The first-order valence-corrected chi connectivity index (χ1v) is 9.17. The summed E-state index contributed by atoms with van der Waals surface area (Å²) in [4.78, 5) is 0.222. The lowest BCUT2D eigenvalue weighted by Gasteiger charge is -2.16. The quantitative estimate of drug-likeness (QED) is 0.820. The first-order chi connectivity index (χ1) is 9.26. The summed E-state index contributed by atoms with van der Waals surface area (Å²) in [6, 6.07) is 5.37. The predicted molar refractivity (Wildman–Crippen MR) is 75.3 cm³/mol. The van der Waals surface area contributed by atoms with Gasteiger partial charge in [0.25, 0.3) is 0 Å². The minimum atomic E-state index is -3.53. The zero-order valence-electron chi connectivity index (χ0n) is 11.5. The second-order valence-electron chi connectivity index (χ2n) is 4.87. The molecule has 1 saturated heterocycles. The van der Waals surface area contributed by atoms with Crippen LogP contribution in [0, 0.1) is 0 Å². The Morgan fingerprint density at radius 3 is 1.80 bits per heavy atom. The van der Waals surface area contributed by atoms with Crippen molar-refractivity contribution >= 4 is 20.0 Å². The Kier molecular flexibility index (Phi) is 4.19. The van der Waals surface area contributed by atoms with Gasteiger partial charge < -0.3 is 0 Å². The molecule has 0 radical (unpaired) electrons. The number of hydrogen-bond donors (Lipinski definition) is 0. The largest absolute Gasteiger partial charge is 0.243 e. The molecule has 112 valence electrons. The Morgan fingerprint density at radius 2 is 1.35 bits per heavy atom. The summed E-state index contributed by atoms with van der Waals surface area (Å²) < 4.78 is 50.9. The van der Waals surface area contributed by atoms with E-state index in [4.69, 9.17) is 0 Å². The van der Waals surface area contributed by atoms with Crippen LogP contribution in [0.15, 0.2) is 34.1 Å². The average molecular weight is 318 g/mol. The third-order valence-electron chi connectivity index (χ3n) is 3.31. The van der Waals surface area contributed by atoms with Gasteiger partial charge in [0.2, 0.25) is 20.0 Å². The number of hydrogen-bond acceptors (Lipinski definition) is 4. The first-order valence-electron chi connectivity index (χ1n) is 6.29. The standard InChI is InChI=1S/C12H18N2O4S2/c1-13(2)19(15,16)11-5-7-12(8-6-11)20(17,18)14-9-3-4-10-14/h5-8H,3-4,9-10H2,1-2H3. The predicted octanol–water partition coefficient (Wildman–Crippen LogP) is 0.721. The van der Waals surface area contributed by atoms with Gasteiger partial charge in [-0.25, -0.2) is 21.1 Å². The average Bonchev–Trinajstić information content (AvgIpc) is 2.93. The molecule has 0 aliphatic carbocycles. The summed E-state index contributed by atoms with van der Waals surface area (Å²) in [6.07, 6.45) is 1.73. The molecule has 0 aromatic heterocycles. The maximum atomic E-state index is 12.3. The van der Waals surface area contributed by atoms with Gasteiger partial charge in [-0.1, -0.05) is 0 Å². The van der Waals surface area contributed by atoms with Crippen molar-refractivity contribution in [2.24, 2.45) is 0 Å². The highest BCUT2D eigenvalue weighted by Gasteiger charge is 2.27. The lowest BCUT2D eigenvalue weighted by Crippen LogP contribution is -2.28. The van der Waals surface area contributed by atoms with Crippen LogP contribution in [-0.4, -0.2) is 52.6 Å². The normalized spacial score (nSPS) is 17.8. The van der Waals surface area contributed by atoms with Crippen LogP contribution in [0.4, 0.5) is 0 Å². The van der Waals surface area contributed by atoms with Crippen molar-refractivity contribution in [3.63, 3.8) is 0 Å². The van der Waals surface area contributed by atoms with E-state index < -0.39 is 20.0 Å². The van der Waals surface area contributed by atoms with Gasteiger partial charge in [-0.3, -0.25) is 0 Å². The lowest BCUT2D eigenvalue weighted by atomic mass is 10.4. The smallest absolute Gasteiger partial charge is 0.207 e. The molecule has 0 saturated carbocycles. The number of rotatable bonds is 4. The van der Waals surface area contributed by atoms with E-state index in [0.717, 1.165) is 17.1 Å². The topological polar surface area (TPSA) is 74.8 Å². The van der Waals surface area contributed by atoms with Crippen LogP contribution in [-0.2, 0) is 20.0 Å². The molecule has 1 aromatic carbocycles. The van der Waals surface area contributed by atoms with E-state index in [1.165, 1.54) is 42.7 Å². The van der Waals surface area contributed by atoms with Crippen molar-refractivity contribution in [3.8, 4) is 0 Å². The van der Waals surface area contributed by atoms with Crippen LogP contribution in [0.5, 0.6) is 0 Å². The fourth-order valence-electron chi connectivity index (χ4n) is 2.07. The number of nitrogens with zero attached hydrogens (tertiary/aromatic N) is 2. The molecule has 0 amide bonds. The summed E-state index contributed by atoms with van der Waals surface area (Å²) >= 11 is 0. The van der Waals surface area contributed by atoms with Crippen molar-refractivity contribution in [2.45, 2.75) is 22.6 Å². The Morgan fingerprint density at radius 1 is 0.900 bits per heavy atom. The van der Waals surface area contributed by atoms with Gasteiger partial charge in [0.15, 0.2) is 0 Å². The van der Waals surface area contributed by atoms with Crippen molar-refractivity contribution in [1.82, 2.24) is 8.61 Å². The van der Waals surface area contributed by atoms with Gasteiger partial charge >= 0.3 is 0 Å². The third kappa shape index (κ3) is 2.73. The molecule has 0 bridgehead atoms. The molecule has 1 aliphatic heterocycles. The molecule has 20 heavy (non-hydrogen) atoms. The van der Waals surface area contributed by atoms with E-state index in [1.807, 2.05) is 0 Å². The van der Waals surface area contributed by atoms with Crippen molar-refractivity contribution in [1.29, 1.82) is 0 Å². The van der Waals surface area contributed by atoms with Crippen LogP contribution in [0.2, 0.25) is 0 Å². The summed E-state index contributed by atoms with van der Waals surface area (Å²) in [5.74, 6) is 0. The maximum absolute atomic E-state index is 12.3. The molecule has 8 heteroatoms. The van der Waals surface area contributed by atoms with Crippen LogP contribution < -0.4 is 0 Å². The summed E-state index contributed by atoms with van der Waals surface area (Å²) in [5, 5.41) is 0. The van der Waals surface area contributed by atoms with Gasteiger partial charge in [0, 0.05) is 27.2 Å². The van der Waals surface area contributed by atoms with Gasteiger partial charge in [-0.2, -0.15) is 4.31 Å². The zero-order valence-corrected chi connectivity index (χ0v) is 13.1. The third-order valence-corrected chi connectivity index (χ3v) is 7.05. The molecular weight excluding hydrogens is 300 g/mol. The maximum Gasteiger partial charge on any atom is 0.243 e. The van der Waals surface area contributed by atoms with E-state index in [2.05, 4.69) is 0 Å². The zero-order chi connectivity index (χ0) is 15.0. The van der Waals surface area contributed by atoms with Crippen LogP contribution >= 0.6 is 0 Å². The molecule has 0 unspecified atom stereocenters. The molecule has 2 rings (SSSR count). The molecule has 0 N–H and O–H groups in total. The molecule has 1 heterocycles. The molecular formula is C12H18N2O4S2. The fraction of sp³-hybridized carbons (Fsp3) is 0.500. The van der Waals surface area contributed by atoms with Crippen molar-refractivity contribution in [2.75, 3.05) is 27.2 Å². The number of benzene rings is 1. The van der Waals surface area contributed by atoms with E-state index in [-0.39, 0.29) is 9.79 Å². The Balaban J connectivity index is 2.34. The van der Waals surface area contributed by atoms with Gasteiger partial charge in [0.05, 0.1) is 9.79 Å². The van der Waals surface area contributed by atoms with E-state index >= 15 is 0 Å². The molecule has 1 fully saturated rings. The summed E-state index contributed by atoms with van der Waals surface area (Å²) in [5.41, 5.74) is 0. The monoisotopic (exact) mass is 318 g/mol. The Labute approximate surface area is 120 Å². The molecule has 1 aliphatic rings. The Hall–Kier alpha value is -0.960. The molecule has 0 spiro atoms. The SMILES string of the molecule is CN(C)S(=O)(=O)c1ccc(S(=O)(=O)N2CCCC2)cc1. The van der Waals surface area contributed by atoms with Crippen molar-refractivity contribution in [3.05, 3.63) is 24.3 Å². The highest BCUT2D eigenvalue weighted by Crippen LogP contribution is 2.22. The minimum Gasteiger partial charge on any atom is -0.207 e. The Bertz CT molecular complexity index is 673. The second kappa shape index (κ2) is 5.44. The molecule has 1 aromatic rings. The minimum absolute atomic E-state index is 0.0860. The fourth-order valence-corrected chi connectivity index (χ4v) is 4.49. The van der Waals surface area contributed by atoms with Crippen LogP contribution in [0.25, 0.3) is 0 Å². The second-order valence-corrected chi connectivity index (χ2v) is 8.96. The van der Waals surface area contributed by atoms with E-state index in [9.17, 15) is 16.8 Å². The molecule has 0 atom stereocenters. The van der Waals surface area contributed by atoms with Gasteiger partial charge in [0.1, 0.15) is 0 Å². The van der Waals surface area contributed by atoms with Crippen LogP contribution in [0.3, 0.4) is 0 Å².